The Hall–Kier alpha value is -1.11. The van der Waals surface area contributed by atoms with Crippen LogP contribution in [-0.2, 0) is 19.4 Å². The van der Waals surface area contributed by atoms with Crippen LogP contribution in [-0.4, -0.2) is 41.1 Å². The van der Waals surface area contributed by atoms with Crippen LogP contribution < -0.4 is 0 Å². The second kappa shape index (κ2) is 3.56. The molecule has 1 aliphatic rings. The third-order valence-electron chi connectivity index (χ3n) is 2.28. The van der Waals surface area contributed by atoms with Crippen LogP contribution in [0.2, 0.25) is 0 Å². The molecule has 6 nitrogen and oxygen atoms in total. The van der Waals surface area contributed by atoms with Gasteiger partial charge in [0.15, 0.2) is 20.3 Å². The first-order chi connectivity index (χ1) is 6.37. The largest absolute Gasteiger partial charge is 0.480 e. The lowest BCUT2D eigenvalue weighted by atomic mass is 10.1. The van der Waals surface area contributed by atoms with E-state index in [0.717, 1.165) is 0 Å². The van der Waals surface area contributed by atoms with Gasteiger partial charge in [-0.25, -0.2) is 8.42 Å². The van der Waals surface area contributed by atoms with Gasteiger partial charge >= 0.3 is 11.9 Å². The highest BCUT2D eigenvalue weighted by Crippen LogP contribution is 2.26. The van der Waals surface area contributed by atoms with Crippen molar-refractivity contribution in [3.05, 3.63) is 0 Å². The highest BCUT2D eigenvalue weighted by atomic mass is 32.2. The summed E-state index contributed by atoms with van der Waals surface area (Å²) in [5.74, 6) is -2.92. The summed E-state index contributed by atoms with van der Waals surface area (Å²) in [5.41, 5.74) is 0. The zero-order valence-corrected chi connectivity index (χ0v) is 8.03. The number of carboxylic acids is 2. The van der Waals surface area contributed by atoms with Gasteiger partial charge < -0.3 is 10.2 Å². The van der Waals surface area contributed by atoms with E-state index < -0.39 is 32.3 Å². The van der Waals surface area contributed by atoms with Crippen LogP contribution in [0.15, 0.2) is 0 Å². The van der Waals surface area contributed by atoms with Crippen LogP contribution in [0.4, 0.5) is 0 Å². The first kappa shape index (κ1) is 11.0. The quantitative estimate of drug-likeness (QED) is 0.651. The van der Waals surface area contributed by atoms with Crippen molar-refractivity contribution in [2.75, 3.05) is 0 Å². The van der Waals surface area contributed by atoms with Crippen LogP contribution in [0.1, 0.15) is 19.3 Å². The highest BCUT2D eigenvalue weighted by Gasteiger charge is 2.45. The number of sulfone groups is 1. The third-order valence-corrected chi connectivity index (χ3v) is 4.74. The van der Waals surface area contributed by atoms with Crippen LogP contribution in [0, 0.1) is 0 Å². The van der Waals surface area contributed by atoms with Gasteiger partial charge in [-0.1, -0.05) is 0 Å². The molecule has 1 rings (SSSR count). The maximum Gasteiger partial charge on any atom is 0.321 e. The Morgan fingerprint density at radius 1 is 1.00 bits per heavy atom. The average Bonchev–Trinajstić information content (AvgIpc) is 2.01. The maximum absolute atomic E-state index is 11.4. The van der Waals surface area contributed by atoms with Crippen LogP contribution >= 0.6 is 0 Å². The van der Waals surface area contributed by atoms with E-state index in [4.69, 9.17) is 10.2 Å². The SMILES string of the molecule is O=C(O)[C@H]1CCC[C@@H](C(=O)O)S1(=O)=O. The topological polar surface area (TPSA) is 109 Å². The summed E-state index contributed by atoms with van der Waals surface area (Å²) < 4.78 is 22.9. The summed E-state index contributed by atoms with van der Waals surface area (Å²) in [6.45, 7) is 0. The first-order valence-corrected chi connectivity index (χ1v) is 5.66. The molecule has 0 spiro atoms. The molecule has 0 radical (unpaired) electrons. The molecule has 0 aromatic heterocycles. The van der Waals surface area contributed by atoms with E-state index in [1.54, 1.807) is 0 Å². The average molecular weight is 222 g/mol. The Morgan fingerprint density at radius 2 is 1.36 bits per heavy atom. The summed E-state index contributed by atoms with van der Waals surface area (Å²) in [5, 5.41) is 14.1. The molecule has 1 fully saturated rings. The fraction of sp³-hybridized carbons (Fsp3) is 0.714. The second-order valence-corrected chi connectivity index (χ2v) is 5.49. The molecule has 0 aromatic rings. The molecule has 0 bridgehead atoms. The molecule has 1 saturated heterocycles. The van der Waals surface area contributed by atoms with Gasteiger partial charge in [0.25, 0.3) is 0 Å². The van der Waals surface area contributed by atoms with E-state index in [9.17, 15) is 18.0 Å². The molecule has 0 aliphatic carbocycles. The third kappa shape index (κ3) is 1.72. The Morgan fingerprint density at radius 3 is 1.64 bits per heavy atom. The van der Waals surface area contributed by atoms with Gasteiger partial charge in [-0.3, -0.25) is 9.59 Å². The highest BCUT2D eigenvalue weighted by molar-refractivity contribution is 7.94. The minimum atomic E-state index is -4.06. The lowest BCUT2D eigenvalue weighted by Gasteiger charge is -2.23. The molecule has 1 aliphatic heterocycles. The Labute approximate surface area is 80.5 Å². The second-order valence-electron chi connectivity index (χ2n) is 3.17. The van der Waals surface area contributed by atoms with Gasteiger partial charge in [0.1, 0.15) is 0 Å². The summed E-state index contributed by atoms with van der Waals surface area (Å²) in [6.07, 6.45) is 0.316. The first-order valence-electron chi connectivity index (χ1n) is 4.05. The number of hydrogen-bond acceptors (Lipinski definition) is 4. The number of rotatable bonds is 2. The van der Waals surface area contributed by atoms with E-state index in [0.29, 0.717) is 6.42 Å². The van der Waals surface area contributed by atoms with Crippen LogP contribution in [0.5, 0.6) is 0 Å². The van der Waals surface area contributed by atoms with Gasteiger partial charge in [0.2, 0.25) is 0 Å². The van der Waals surface area contributed by atoms with Crippen molar-refractivity contribution in [1.29, 1.82) is 0 Å². The molecule has 2 atom stereocenters. The summed E-state index contributed by atoms with van der Waals surface area (Å²) >= 11 is 0. The summed E-state index contributed by atoms with van der Waals surface area (Å²) in [7, 11) is -4.06. The van der Waals surface area contributed by atoms with Gasteiger partial charge in [-0.15, -0.1) is 0 Å². The normalized spacial score (nSPS) is 30.9. The number of carboxylic acid groups (broad SMARTS) is 2. The van der Waals surface area contributed by atoms with E-state index in [2.05, 4.69) is 0 Å². The van der Waals surface area contributed by atoms with Crippen LogP contribution in [0.3, 0.4) is 0 Å². The van der Waals surface area contributed by atoms with E-state index in [1.165, 1.54) is 0 Å². The molecule has 14 heavy (non-hydrogen) atoms. The molecule has 0 amide bonds. The molecule has 80 valence electrons. The van der Waals surface area contributed by atoms with Crippen molar-refractivity contribution in [1.82, 2.24) is 0 Å². The van der Waals surface area contributed by atoms with Crippen molar-refractivity contribution < 1.29 is 28.2 Å². The maximum atomic E-state index is 11.4. The number of carbonyl (C=O) groups is 2. The molecule has 2 N–H and O–H groups in total. The molecule has 0 saturated carbocycles. The molecule has 1 heterocycles. The summed E-state index contributed by atoms with van der Waals surface area (Å²) in [6, 6.07) is 0. The molecule has 0 unspecified atom stereocenters. The fourth-order valence-electron chi connectivity index (χ4n) is 1.54. The van der Waals surface area contributed by atoms with Gasteiger partial charge in [-0.05, 0) is 19.3 Å². The van der Waals surface area contributed by atoms with Gasteiger partial charge in [0, 0.05) is 0 Å². The Kier molecular flexibility index (Phi) is 2.79. The fourth-order valence-corrected chi connectivity index (χ4v) is 3.49. The minimum Gasteiger partial charge on any atom is -0.480 e. The van der Waals surface area contributed by atoms with E-state index in [-0.39, 0.29) is 12.8 Å². The van der Waals surface area contributed by atoms with Crippen molar-refractivity contribution in [3.8, 4) is 0 Å². The predicted octanol–water partition coefficient (Wildman–Crippen LogP) is -0.508. The Bertz CT molecular complexity index is 328. The van der Waals surface area contributed by atoms with Gasteiger partial charge in [0.05, 0.1) is 0 Å². The number of aliphatic carboxylic acids is 2. The van der Waals surface area contributed by atoms with Crippen molar-refractivity contribution >= 4 is 21.8 Å². The zero-order valence-electron chi connectivity index (χ0n) is 7.21. The van der Waals surface area contributed by atoms with Crippen molar-refractivity contribution in [2.45, 2.75) is 29.8 Å². The van der Waals surface area contributed by atoms with Gasteiger partial charge in [-0.2, -0.15) is 0 Å². The zero-order chi connectivity index (χ0) is 10.9. The number of hydrogen-bond donors (Lipinski definition) is 2. The van der Waals surface area contributed by atoms with Crippen LogP contribution in [0.25, 0.3) is 0 Å². The Balaban J connectivity index is 3.06. The van der Waals surface area contributed by atoms with Crippen molar-refractivity contribution in [2.24, 2.45) is 0 Å². The smallest absolute Gasteiger partial charge is 0.321 e. The molecule has 7 heteroatoms. The molecular weight excluding hydrogens is 212 g/mol. The monoisotopic (exact) mass is 222 g/mol. The predicted molar refractivity (Wildman–Crippen MR) is 45.6 cm³/mol. The lowest BCUT2D eigenvalue weighted by molar-refractivity contribution is -0.137. The summed E-state index contributed by atoms with van der Waals surface area (Å²) in [4.78, 5) is 21.1. The molecular formula is C7H10O6S. The lowest BCUT2D eigenvalue weighted by Crippen LogP contribution is -2.44. The van der Waals surface area contributed by atoms with E-state index in [1.807, 2.05) is 0 Å². The van der Waals surface area contributed by atoms with E-state index >= 15 is 0 Å². The standard InChI is InChI=1S/C7H10O6S/c8-6(9)4-2-1-3-5(7(10)11)14(4,12)13/h4-5H,1-3H2,(H,8,9)(H,10,11)/t4-,5+. The minimum absolute atomic E-state index is 0.00144. The van der Waals surface area contributed by atoms with Crippen molar-refractivity contribution in [3.63, 3.8) is 0 Å². The molecule has 0 aromatic carbocycles.